The molecule has 1 fully saturated rings. The van der Waals surface area contributed by atoms with E-state index in [1.807, 2.05) is 0 Å². The summed E-state index contributed by atoms with van der Waals surface area (Å²) >= 11 is 0. The van der Waals surface area contributed by atoms with Crippen molar-refractivity contribution in [3.05, 3.63) is 28.3 Å². The van der Waals surface area contributed by atoms with Gasteiger partial charge in [-0.15, -0.1) is 0 Å². The predicted molar refractivity (Wildman–Crippen MR) is 76.5 cm³/mol. The Bertz CT molecular complexity index is 626. The molecule has 0 spiro atoms. The number of nitro groups is 1. The summed E-state index contributed by atoms with van der Waals surface area (Å²) in [5, 5.41) is 19.0. The van der Waals surface area contributed by atoms with Gasteiger partial charge in [0.2, 0.25) is 10.0 Å². The normalized spacial score (nSPS) is 19.2. The SMILES string of the molecule is NS(=O)(=O)c1ccc(NC[C@@H]2CCCOC2)c([N+](=O)[O-])c1. The summed E-state index contributed by atoms with van der Waals surface area (Å²) in [5.74, 6) is 0.288. The summed E-state index contributed by atoms with van der Waals surface area (Å²) < 4.78 is 27.8. The summed E-state index contributed by atoms with van der Waals surface area (Å²) in [7, 11) is -3.96. The molecule has 0 radical (unpaired) electrons. The molecule has 0 bridgehead atoms. The molecule has 1 atom stereocenters. The second-order valence-electron chi connectivity index (χ2n) is 4.95. The fourth-order valence-corrected chi connectivity index (χ4v) is 2.75. The molecule has 1 aliphatic rings. The van der Waals surface area contributed by atoms with E-state index in [2.05, 4.69) is 5.32 Å². The Kier molecular flexibility index (Phi) is 4.76. The number of hydrogen-bond donors (Lipinski definition) is 2. The Labute approximate surface area is 122 Å². The number of benzene rings is 1. The standard InChI is InChI=1S/C12H17N3O5S/c13-21(18,19)10-3-4-11(12(6-10)15(16)17)14-7-9-2-1-5-20-8-9/h3-4,6,9,14H,1-2,5,7-8H2,(H2,13,18,19)/t9-/m0/s1. The summed E-state index contributed by atoms with van der Waals surface area (Å²) in [6.45, 7) is 1.91. The Hall–Kier alpha value is -1.71. The van der Waals surface area contributed by atoms with Crippen molar-refractivity contribution in [3.63, 3.8) is 0 Å². The van der Waals surface area contributed by atoms with Gasteiger partial charge in [-0.1, -0.05) is 0 Å². The largest absolute Gasteiger partial charge is 0.381 e. The minimum absolute atomic E-state index is 0.276. The van der Waals surface area contributed by atoms with Gasteiger partial charge in [0.05, 0.1) is 16.4 Å². The number of ether oxygens (including phenoxy) is 1. The first-order valence-electron chi connectivity index (χ1n) is 6.51. The van der Waals surface area contributed by atoms with Crippen LogP contribution in [0.5, 0.6) is 0 Å². The van der Waals surface area contributed by atoms with Gasteiger partial charge in [-0.25, -0.2) is 13.6 Å². The van der Waals surface area contributed by atoms with E-state index < -0.39 is 14.9 Å². The minimum atomic E-state index is -3.96. The third-order valence-electron chi connectivity index (χ3n) is 3.33. The lowest BCUT2D eigenvalue weighted by Crippen LogP contribution is -2.24. The maximum Gasteiger partial charge on any atom is 0.293 e. The molecule has 1 saturated heterocycles. The molecular weight excluding hydrogens is 298 g/mol. The van der Waals surface area contributed by atoms with Crippen molar-refractivity contribution < 1.29 is 18.1 Å². The summed E-state index contributed by atoms with van der Waals surface area (Å²) in [6.07, 6.45) is 1.97. The molecule has 116 valence electrons. The highest BCUT2D eigenvalue weighted by atomic mass is 32.2. The van der Waals surface area contributed by atoms with Gasteiger partial charge in [0.1, 0.15) is 5.69 Å². The van der Waals surface area contributed by atoms with E-state index in [1.54, 1.807) is 0 Å². The number of nitro benzene ring substituents is 1. The molecule has 21 heavy (non-hydrogen) atoms. The highest BCUT2D eigenvalue weighted by Crippen LogP contribution is 2.27. The summed E-state index contributed by atoms with van der Waals surface area (Å²) in [6, 6.07) is 3.58. The minimum Gasteiger partial charge on any atom is -0.381 e. The van der Waals surface area contributed by atoms with Crippen LogP contribution in [0.4, 0.5) is 11.4 Å². The first kappa shape index (κ1) is 15.7. The quantitative estimate of drug-likeness (QED) is 0.619. The van der Waals surface area contributed by atoms with Gasteiger partial charge in [0, 0.05) is 19.2 Å². The zero-order valence-electron chi connectivity index (χ0n) is 11.3. The monoisotopic (exact) mass is 315 g/mol. The molecule has 9 heteroatoms. The van der Waals surface area contributed by atoms with Crippen LogP contribution in [0.15, 0.2) is 23.1 Å². The Morgan fingerprint density at radius 1 is 1.48 bits per heavy atom. The molecule has 1 aliphatic heterocycles. The molecule has 0 aliphatic carbocycles. The van der Waals surface area contributed by atoms with Crippen LogP contribution in [0, 0.1) is 16.0 Å². The molecule has 0 amide bonds. The molecule has 0 aromatic heterocycles. The van der Waals surface area contributed by atoms with Gasteiger partial charge < -0.3 is 10.1 Å². The van der Waals surface area contributed by atoms with Crippen LogP contribution in [0.3, 0.4) is 0 Å². The molecule has 8 nitrogen and oxygen atoms in total. The van der Waals surface area contributed by atoms with E-state index in [0.29, 0.717) is 13.2 Å². The van der Waals surface area contributed by atoms with Crippen molar-refractivity contribution in [2.75, 3.05) is 25.1 Å². The van der Waals surface area contributed by atoms with Gasteiger partial charge in [-0.2, -0.15) is 0 Å². The van der Waals surface area contributed by atoms with Crippen molar-refractivity contribution in [2.24, 2.45) is 11.1 Å². The molecule has 0 saturated carbocycles. The first-order chi connectivity index (χ1) is 9.88. The molecule has 1 aromatic carbocycles. The Morgan fingerprint density at radius 2 is 2.24 bits per heavy atom. The number of nitrogens with one attached hydrogen (secondary N) is 1. The van der Waals surface area contributed by atoms with E-state index in [0.717, 1.165) is 25.5 Å². The third kappa shape index (κ3) is 4.13. The van der Waals surface area contributed by atoms with Crippen molar-refractivity contribution >= 4 is 21.4 Å². The van der Waals surface area contributed by atoms with Crippen molar-refractivity contribution in [2.45, 2.75) is 17.7 Å². The molecule has 1 heterocycles. The number of rotatable bonds is 5. The van der Waals surface area contributed by atoms with E-state index in [1.165, 1.54) is 12.1 Å². The Morgan fingerprint density at radius 3 is 2.81 bits per heavy atom. The highest BCUT2D eigenvalue weighted by molar-refractivity contribution is 7.89. The van der Waals surface area contributed by atoms with Crippen molar-refractivity contribution in [1.29, 1.82) is 0 Å². The second-order valence-corrected chi connectivity index (χ2v) is 6.51. The van der Waals surface area contributed by atoms with Gasteiger partial charge in [0.25, 0.3) is 5.69 Å². The van der Waals surface area contributed by atoms with E-state index in [4.69, 9.17) is 9.88 Å². The highest BCUT2D eigenvalue weighted by Gasteiger charge is 2.20. The number of nitrogens with zero attached hydrogens (tertiary/aromatic N) is 1. The van der Waals surface area contributed by atoms with Crippen LogP contribution >= 0.6 is 0 Å². The number of primary sulfonamides is 1. The molecule has 0 unspecified atom stereocenters. The lowest BCUT2D eigenvalue weighted by Gasteiger charge is -2.22. The first-order valence-corrected chi connectivity index (χ1v) is 8.05. The lowest BCUT2D eigenvalue weighted by molar-refractivity contribution is -0.384. The molecule has 3 N–H and O–H groups in total. The molecular formula is C12H17N3O5S. The summed E-state index contributed by atoms with van der Waals surface area (Å²) in [4.78, 5) is 10.1. The zero-order valence-corrected chi connectivity index (χ0v) is 12.1. The van der Waals surface area contributed by atoms with Crippen LogP contribution in [-0.2, 0) is 14.8 Å². The lowest BCUT2D eigenvalue weighted by atomic mass is 10.0. The topological polar surface area (TPSA) is 125 Å². The molecule has 2 rings (SSSR count). The van der Waals surface area contributed by atoms with Crippen LogP contribution in [-0.4, -0.2) is 33.1 Å². The van der Waals surface area contributed by atoms with Gasteiger partial charge in [-0.3, -0.25) is 10.1 Å². The third-order valence-corrected chi connectivity index (χ3v) is 4.24. The fraction of sp³-hybridized carbons (Fsp3) is 0.500. The van der Waals surface area contributed by atoms with E-state index in [9.17, 15) is 18.5 Å². The van der Waals surface area contributed by atoms with Crippen LogP contribution in [0.2, 0.25) is 0 Å². The maximum absolute atomic E-state index is 11.2. The smallest absolute Gasteiger partial charge is 0.293 e. The van der Waals surface area contributed by atoms with Crippen molar-refractivity contribution in [3.8, 4) is 0 Å². The maximum atomic E-state index is 11.2. The number of anilines is 1. The number of hydrogen-bond acceptors (Lipinski definition) is 6. The zero-order chi connectivity index (χ0) is 15.5. The van der Waals surface area contributed by atoms with Gasteiger partial charge >= 0.3 is 0 Å². The van der Waals surface area contributed by atoms with Crippen LogP contribution in [0.25, 0.3) is 0 Å². The molecule has 1 aromatic rings. The predicted octanol–water partition coefficient (Wildman–Crippen LogP) is 1.08. The van der Waals surface area contributed by atoms with E-state index in [-0.39, 0.29) is 22.2 Å². The Balaban J connectivity index is 2.16. The van der Waals surface area contributed by atoms with Gasteiger partial charge in [0.15, 0.2) is 0 Å². The van der Waals surface area contributed by atoms with Gasteiger partial charge in [-0.05, 0) is 30.9 Å². The average Bonchev–Trinajstić information content (AvgIpc) is 2.45. The second kappa shape index (κ2) is 6.37. The summed E-state index contributed by atoms with van der Waals surface area (Å²) in [5.41, 5.74) is -0.0313. The fourth-order valence-electron chi connectivity index (χ4n) is 2.21. The van der Waals surface area contributed by atoms with E-state index >= 15 is 0 Å². The number of nitrogens with two attached hydrogens (primary N) is 1. The average molecular weight is 315 g/mol. The number of sulfonamides is 1. The van der Waals surface area contributed by atoms with Crippen LogP contribution < -0.4 is 10.5 Å². The van der Waals surface area contributed by atoms with Crippen LogP contribution in [0.1, 0.15) is 12.8 Å². The van der Waals surface area contributed by atoms with Crippen molar-refractivity contribution in [1.82, 2.24) is 0 Å².